The van der Waals surface area contributed by atoms with E-state index in [0.29, 0.717) is 29.8 Å². The molecule has 1 aliphatic rings. The van der Waals surface area contributed by atoms with Crippen LogP contribution in [0.3, 0.4) is 0 Å². The van der Waals surface area contributed by atoms with E-state index in [1.807, 2.05) is 60.9 Å². The number of azide groups is 1. The van der Waals surface area contributed by atoms with Gasteiger partial charge >= 0.3 is 11.9 Å². The van der Waals surface area contributed by atoms with Gasteiger partial charge in [0.05, 0.1) is 31.0 Å². The van der Waals surface area contributed by atoms with Gasteiger partial charge in [-0.2, -0.15) is 0 Å². The Morgan fingerprint density at radius 2 is 1.94 bits per heavy atom. The predicted molar refractivity (Wildman–Crippen MR) is 141 cm³/mol. The number of rotatable bonds is 10. The molecule has 9 heteroatoms. The number of ether oxygens (including phenoxy) is 2. The average molecular weight is 507 g/mol. The van der Waals surface area contributed by atoms with Crippen LogP contribution in [0.5, 0.6) is 0 Å². The molecule has 36 heavy (non-hydrogen) atoms. The van der Waals surface area contributed by atoms with Gasteiger partial charge in [0, 0.05) is 21.4 Å². The molecule has 2 aromatic rings. The molecule has 0 aliphatic carbocycles. The predicted octanol–water partition coefficient (Wildman–Crippen LogP) is 6.40. The van der Waals surface area contributed by atoms with E-state index in [1.165, 1.54) is 7.11 Å². The Balaban J connectivity index is 2.13. The SMILES string of the molecule is CCOC(=O)C1=C(CCC(N=[N+]=[N-])c2ccccc2)N=C(C)C(C(=O)OC)C1c1cccc(SC)c1. The van der Waals surface area contributed by atoms with Gasteiger partial charge in [-0.25, -0.2) is 4.79 Å². The van der Waals surface area contributed by atoms with Crippen LogP contribution in [0.25, 0.3) is 10.4 Å². The van der Waals surface area contributed by atoms with Gasteiger partial charge < -0.3 is 9.47 Å². The van der Waals surface area contributed by atoms with Crippen molar-refractivity contribution in [3.63, 3.8) is 0 Å². The monoisotopic (exact) mass is 506 g/mol. The van der Waals surface area contributed by atoms with Crippen molar-refractivity contribution in [2.24, 2.45) is 16.0 Å². The first-order valence-corrected chi connectivity index (χ1v) is 12.9. The number of esters is 2. The first kappa shape index (κ1) is 27.0. The van der Waals surface area contributed by atoms with Crippen molar-refractivity contribution in [1.29, 1.82) is 0 Å². The molecule has 1 heterocycles. The molecule has 188 valence electrons. The number of hydrogen-bond acceptors (Lipinski definition) is 7. The molecule has 0 saturated carbocycles. The summed E-state index contributed by atoms with van der Waals surface area (Å²) in [5.41, 5.74) is 12.2. The number of benzene rings is 2. The van der Waals surface area contributed by atoms with Gasteiger partial charge in [-0.3, -0.25) is 9.79 Å². The zero-order valence-electron chi connectivity index (χ0n) is 20.9. The molecule has 0 spiro atoms. The second kappa shape index (κ2) is 13.0. The van der Waals surface area contributed by atoms with E-state index in [1.54, 1.807) is 25.6 Å². The van der Waals surface area contributed by atoms with Crippen LogP contribution in [-0.2, 0) is 19.1 Å². The van der Waals surface area contributed by atoms with Crippen LogP contribution >= 0.6 is 11.8 Å². The lowest BCUT2D eigenvalue weighted by Gasteiger charge is -2.32. The Morgan fingerprint density at radius 3 is 2.58 bits per heavy atom. The van der Waals surface area contributed by atoms with Gasteiger partial charge in [-0.05, 0) is 61.7 Å². The fourth-order valence-electron chi connectivity index (χ4n) is 4.50. The molecule has 0 fully saturated rings. The van der Waals surface area contributed by atoms with Gasteiger partial charge in [0.1, 0.15) is 5.92 Å². The van der Waals surface area contributed by atoms with Crippen molar-refractivity contribution in [3.05, 3.63) is 87.4 Å². The minimum absolute atomic E-state index is 0.185. The van der Waals surface area contributed by atoms with E-state index in [4.69, 9.17) is 20.0 Å². The van der Waals surface area contributed by atoms with Crippen LogP contribution in [0.2, 0.25) is 0 Å². The highest BCUT2D eigenvalue weighted by Gasteiger charge is 2.43. The van der Waals surface area contributed by atoms with Crippen LogP contribution in [0.15, 0.2) is 80.9 Å². The summed E-state index contributed by atoms with van der Waals surface area (Å²) >= 11 is 1.58. The van der Waals surface area contributed by atoms with Crippen molar-refractivity contribution in [1.82, 2.24) is 0 Å². The Hall–Kier alpha value is -3.55. The van der Waals surface area contributed by atoms with Crippen molar-refractivity contribution in [2.75, 3.05) is 20.0 Å². The molecule has 0 saturated heterocycles. The third-order valence-electron chi connectivity index (χ3n) is 6.15. The summed E-state index contributed by atoms with van der Waals surface area (Å²) in [6, 6.07) is 16.8. The number of allylic oxidation sites excluding steroid dienone is 1. The normalized spacial score (nSPS) is 18.1. The lowest BCUT2D eigenvalue weighted by Crippen LogP contribution is -2.36. The van der Waals surface area contributed by atoms with E-state index in [-0.39, 0.29) is 6.61 Å². The Kier molecular flexibility index (Phi) is 9.73. The van der Waals surface area contributed by atoms with E-state index >= 15 is 0 Å². The summed E-state index contributed by atoms with van der Waals surface area (Å²) in [6.45, 7) is 3.70. The third-order valence-corrected chi connectivity index (χ3v) is 6.88. The first-order chi connectivity index (χ1) is 17.4. The highest BCUT2D eigenvalue weighted by molar-refractivity contribution is 7.98. The van der Waals surface area contributed by atoms with Gasteiger partial charge in [-0.15, -0.1) is 11.8 Å². The van der Waals surface area contributed by atoms with E-state index in [9.17, 15) is 9.59 Å². The van der Waals surface area contributed by atoms with Gasteiger partial charge in [-0.1, -0.05) is 47.6 Å². The molecule has 2 aromatic carbocycles. The summed E-state index contributed by atoms with van der Waals surface area (Å²) in [6.07, 6.45) is 2.76. The zero-order chi connectivity index (χ0) is 26.1. The summed E-state index contributed by atoms with van der Waals surface area (Å²) in [7, 11) is 1.33. The molecule has 0 aromatic heterocycles. The lowest BCUT2D eigenvalue weighted by atomic mass is 9.75. The van der Waals surface area contributed by atoms with Crippen LogP contribution in [0.4, 0.5) is 0 Å². The molecule has 0 N–H and O–H groups in total. The summed E-state index contributed by atoms with van der Waals surface area (Å²) < 4.78 is 10.6. The smallest absolute Gasteiger partial charge is 0.336 e. The fraction of sp³-hybridized carbons (Fsp3) is 0.370. The van der Waals surface area contributed by atoms with Crippen LogP contribution in [-0.4, -0.2) is 37.6 Å². The summed E-state index contributed by atoms with van der Waals surface area (Å²) in [5, 5.41) is 3.98. The van der Waals surface area contributed by atoms with Crippen LogP contribution < -0.4 is 0 Å². The fourth-order valence-corrected chi connectivity index (χ4v) is 4.97. The molecule has 1 aliphatic heterocycles. The van der Waals surface area contributed by atoms with Crippen LogP contribution in [0, 0.1) is 5.92 Å². The van der Waals surface area contributed by atoms with Gasteiger partial charge in [0.25, 0.3) is 0 Å². The molecule has 3 atom stereocenters. The number of hydrogen-bond donors (Lipinski definition) is 0. The molecular weight excluding hydrogens is 476 g/mol. The van der Waals surface area contributed by atoms with Crippen molar-refractivity contribution in [2.45, 2.75) is 43.5 Å². The maximum Gasteiger partial charge on any atom is 0.336 e. The lowest BCUT2D eigenvalue weighted by molar-refractivity contribution is -0.144. The third kappa shape index (κ3) is 6.17. The Labute approximate surface area is 215 Å². The highest BCUT2D eigenvalue weighted by atomic mass is 32.2. The second-order valence-electron chi connectivity index (χ2n) is 8.26. The van der Waals surface area contributed by atoms with Gasteiger partial charge in [0.15, 0.2) is 0 Å². The highest BCUT2D eigenvalue weighted by Crippen LogP contribution is 2.42. The Bertz CT molecular complexity index is 1210. The summed E-state index contributed by atoms with van der Waals surface area (Å²) in [5.74, 6) is -2.37. The van der Waals surface area contributed by atoms with E-state index in [0.717, 1.165) is 16.0 Å². The van der Waals surface area contributed by atoms with Crippen LogP contribution in [0.1, 0.15) is 49.8 Å². The van der Waals surface area contributed by atoms with Gasteiger partial charge in [0.2, 0.25) is 0 Å². The number of aliphatic imine (C=N–C) groups is 1. The average Bonchev–Trinajstić information content (AvgIpc) is 2.90. The minimum atomic E-state index is -0.766. The van der Waals surface area contributed by atoms with Crippen molar-refractivity contribution >= 4 is 29.4 Å². The number of carbonyl (C=O) groups is 2. The molecular formula is C27H30N4O4S. The summed E-state index contributed by atoms with van der Waals surface area (Å²) in [4.78, 5) is 35.1. The van der Waals surface area contributed by atoms with E-state index < -0.39 is 29.8 Å². The largest absolute Gasteiger partial charge is 0.468 e. The topological polar surface area (TPSA) is 114 Å². The second-order valence-corrected chi connectivity index (χ2v) is 9.14. The molecule has 0 amide bonds. The quantitative estimate of drug-likeness (QED) is 0.121. The molecule has 3 rings (SSSR count). The molecule has 0 bridgehead atoms. The molecule has 8 nitrogen and oxygen atoms in total. The zero-order valence-corrected chi connectivity index (χ0v) is 21.7. The maximum absolute atomic E-state index is 13.4. The van der Waals surface area contributed by atoms with E-state index in [2.05, 4.69) is 10.0 Å². The van der Waals surface area contributed by atoms with Crippen molar-refractivity contribution in [3.8, 4) is 0 Å². The molecule has 0 radical (unpaired) electrons. The Morgan fingerprint density at radius 1 is 1.19 bits per heavy atom. The minimum Gasteiger partial charge on any atom is -0.468 e. The number of thioether (sulfide) groups is 1. The number of methoxy groups -OCH3 is 1. The van der Waals surface area contributed by atoms with Crippen molar-refractivity contribution < 1.29 is 19.1 Å². The maximum atomic E-state index is 13.4. The number of nitrogens with zero attached hydrogens (tertiary/aromatic N) is 4. The first-order valence-electron chi connectivity index (χ1n) is 11.7. The number of carbonyl (C=O) groups excluding carboxylic acids is 2. The molecule has 3 unspecified atom stereocenters. The standard InChI is InChI=1S/C27H30N4O4S/c1-5-35-27(33)25-22(15-14-21(30-31-28)18-10-7-6-8-11-18)29-17(2)23(26(32)34-3)24(25)19-12-9-13-20(16-19)36-4/h6-13,16,21,23-24H,5,14-15H2,1-4H3.